The zero-order chi connectivity index (χ0) is 22.6. The third kappa shape index (κ3) is 4.81. The van der Waals surface area contributed by atoms with Gasteiger partial charge in [-0.2, -0.15) is 4.31 Å². The number of aromatic amines is 1. The number of anilines is 1. The molecule has 0 aliphatic carbocycles. The topological polar surface area (TPSA) is 91.5 Å². The highest BCUT2D eigenvalue weighted by Crippen LogP contribution is 2.31. The first kappa shape index (κ1) is 22.4. The molecule has 1 amide bonds. The fraction of sp³-hybridized carbons (Fsp3) is 0.375. The predicted molar refractivity (Wildman–Crippen MR) is 125 cm³/mol. The Bertz CT molecular complexity index is 1200. The van der Waals surface area contributed by atoms with Crippen LogP contribution in [0.25, 0.3) is 10.9 Å². The van der Waals surface area contributed by atoms with E-state index in [9.17, 15) is 13.2 Å². The van der Waals surface area contributed by atoms with Gasteiger partial charge in [-0.05, 0) is 62.4 Å². The van der Waals surface area contributed by atoms with Crippen molar-refractivity contribution in [1.29, 1.82) is 0 Å². The maximum atomic E-state index is 13.1. The smallest absolute Gasteiger partial charge is 0.246 e. The predicted octanol–water partition coefficient (Wildman–Crippen LogP) is 4.31. The number of para-hydroxylation sites is 1. The molecular weight excluding hydrogens is 426 g/mol. The summed E-state index contributed by atoms with van der Waals surface area (Å²) >= 11 is 0. The van der Waals surface area contributed by atoms with E-state index in [1.807, 2.05) is 31.3 Å². The molecule has 1 fully saturated rings. The number of ether oxygens (including phenoxy) is 1. The molecule has 32 heavy (non-hydrogen) atoms. The summed E-state index contributed by atoms with van der Waals surface area (Å²) in [5.74, 6) is 0.176. The number of carbonyl (C=O) groups is 1. The van der Waals surface area contributed by atoms with Gasteiger partial charge in [0.2, 0.25) is 15.9 Å². The number of amides is 1. The van der Waals surface area contributed by atoms with E-state index in [4.69, 9.17) is 4.74 Å². The Kier molecular flexibility index (Phi) is 6.81. The van der Waals surface area contributed by atoms with Crippen molar-refractivity contribution in [2.24, 2.45) is 0 Å². The van der Waals surface area contributed by atoms with Gasteiger partial charge in [-0.15, -0.1) is 0 Å². The summed E-state index contributed by atoms with van der Waals surface area (Å²) in [5, 5.41) is 4.02. The number of hydrogen-bond acceptors (Lipinski definition) is 4. The zero-order valence-corrected chi connectivity index (χ0v) is 19.1. The summed E-state index contributed by atoms with van der Waals surface area (Å²) in [6.07, 6.45) is 5.54. The summed E-state index contributed by atoms with van der Waals surface area (Å²) in [5.41, 5.74) is 2.74. The van der Waals surface area contributed by atoms with Crippen LogP contribution < -0.4 is 10.1 Å². The molecule has 8 heteroatoms. The van der Waals surface area contributed by atoms with E-state index in [0.29, 0.717) is 44.0 Å². The molecular formula is C24H29N3O4S. The second-order valence-corrected chi connectivity index (χ2v) is 9.87. The number of hydrogen-bond donors (Lipinski definition) is 2. The van der Waals surface area contributed by atoms with Crippen molar-refractivity contribution >= 4 is 32.5 Å². The lowest BCUT2D eigenvalue weighted by Crippen LogP contribution is -2.28. The minimum atomic E-state index is -3.66. The molecule has 1 aliphatic heterocycles. The van der Waals surface area contributed by atoms with Crippen molar-refractivity contribution in [2.45, 2.75) is 43.9 Å². The maximum absolute atomic E-state index is 13.1. The molecule has 0 radical (unpaired) electrons. The maximum Gasteiger partial charge on any atom is 0.246 e. The van der Waals surface area contributed by atoms with Crippen LogP contribution in [0.15, 0.2) is 53.6 Å². The SMILES string of the molecule is CCOc1ccc(NC(=O)CCCc2c[nH]c3ccccc23)cc1S(=O)(=O)N1CCCC1. The molecule has 0 atom stereocenters. The number of benzene rings is 2. The third-order valence-electron chi connectivity index (χ3n) is 5.74. The Morgan fingerprint density at radius 3 is 2.72 bits per heavy atom. The quantitative estimate of drug-likeness (QED) is 0.503. The van der Waals surface area contributed by atoms with Crippen LogP contribution in [0.1, 0.15) is 38.2 Å². The number of nitrogens with one attached hydrogen (secondary N) is 2. The molecule has 2 aromatic carbocycles. The van der Waals surface area contributed by atoms with Crippen LogP contribution in [0.3, 0.4) is 0 Å². The minimum absolute atomic E-state index is 0.109. The summed E-state index contributed by atoms with van der Waals surface area (Å²) in [4.78, 5) is 15.9. The molecule has 1 aliphatic rings. The van der Waals surface area contributed by atoms with Crippen LogP contribution in [0.4, 0.5) is 5.69 Å². The van der Waals surface area contributed by atoms with Crippen LogP contribution in [0, 0.1) is 0 Å². The van der Waals surface area contributed by atoms with E-state index in [0.717, 1.165) is 24.8 Å². The number of nitrogens with zero attached hydrogens (tertiary/aromatic N) is 1. The largest absolute Gasteiger partial charge is 0.492 e. The molecule has 1 aromatic heterocycles. The molecule has 170 valence electrons. The number of carbonyl (C=O) groups excluding carboxylic acids is 1. The van der Waals surface area contributed by atoms with Gasteiger partial charge in [0.15, 0.2) is 0 Å². The van der Waals surface area contributed by atoms with E-state index < -0.39 is 10.0 Å². The number of aryl methyl sites for hydroxylation is 1. The first-order valence-electron chi connectivity index (χ1n) is 11.1. The molecule has 2 heterocycles. The number of fused-ring (bicyclic) bond motifs is 1. The molecule has 0 spiro atoms. The Morgan fingerprint density at radius 1 is 1.16 bits per heavy atom. The second-order valence-electron chi connectivity index (χ2n) is 7.97. The molecule has 3 aromatic rings. The molecule has 7 nitrogen and oxygen atoms in total. The van der Waals surface area contributed by atoms with Gasteiger partial charge in [-0.3, -0.25) is 4.79 Å². The molecule has 2 N–H and O–H groups in total. The van der Waals surface area contributed by atoms with Gasteiger partial charge < -0.3 is 15.0 Å². The van der Waals surface area contributed by atoms with E-state index in [1.165, 1.54) is 21.3 Å². The average molecular weight is 456 g/mol. The second kappa shape index (κ2) is 9.75. The lowest BCUT2D eigenvalue weighted by atomic mass is 10.1. The molecule has 0 bridgehead atoms. The highest BCUT2D eigenvalue weighted by Gasteiger charge is 2.30. The first-order valence-corrected chi connectivity index (χ1v) is 12.5. The highest BCUT2D eigenvalue weighted by molar-refractivity contribution is 7.89. The number of sulfonamides is 1. The van der Waals surface area contributed by atoms with Crippen LogP contribution >= 0.6 is 0 Å². The molecule has 0 unspecified atom stereocenters. The van der Waals surface area contributed by atoms with E-state index in [1.54, 1.807) is 12.1 Å². The Balaban J connectivity index is 1.42. The van der Waals surface area contributed by atoms with Crippen molar-refractivity contribution in [1.82, 2.24) is 9.29 Å². The van der Waals surface area contributed by atoms with Crippen molar-refractivity contribution in [3.05, 3.63) is 54.2 Å². The van der Waals surface area contributed by atoms with Crippen molar-refractivity contribution in [3.63, 3.8) is 0 Å². The molecule has 0 saturated carbocycles. The van der Waals surface area contributed by atoms with Crippen LogP contribution in [-0.4, -0.2) is 43.3 Å². The fourth-order valence-corrected chi connectivity index (χ4v) is 5.81. The minimum Gasteiger partial charge on any atom is -0.492 e. The van der Waals surface area contributed by atoms with E-state index in [-0.39, 0.29) is 10.8 Å². The van der Waals surface area contributed by atoms with Crippen molar-refractivity contribution < 1.29 is 17.9 Å². The number of H-pyrrole nitrogens is 1. The molecule has 1 saturated heterocycles. The monoisotopic (exact) mass is 455 g/mol. The summed E-state index contributed by atoms with van der Waals surface area (Å²) in [6.45, 7) is 3.20. The Hall–Kier alpha value is -2.84. The van der Waals surface area contributed by atoms with Crippen molar-refractivity contribution in [3.8, 4) is 5.75 Å². The normalized spacial score (nSPS) is 14.7. The van der Waals surface area contributed by atoms with Crippen LogP contribution in [-0.2, 0) is 21.2 Å². The van der Waals surface area contributed by atoms with Crippen molar-refractivity contribution in [2.75, 3.05) is 25.0 Å². The van der Waals surface area contributed by atoms with E-state index in [2.05, 4.69) is 16.4 Å². The third-order valence-corrected chi connectivity index (χ3v) is 7.65. The van der Waals surface area contributed by atoms with Crippen LogP contribution in [0.5, 0.6) is 5.75 Å². The van der Waals surface area contributed by atoms with Gasteiger partial charge in [-0.25, -0.2) is 8.42 Å². The summed E-state index contributed by atoms with van der Waals surface area (Å²) in [6, 6.07) is 12.9. The summed E-state index contributed by atoms with van der Waals surface area (Å²) in [7, 11) is -3.66. The van der Waals surface area contributed by atoms with Gasteiger partial charge in [0.25, 0.3) is 0 Å². The average Bonchev–Trinajstić information content (AvgIpc) is 3.46. The standard InChI is InChI=1S/C24H29N3O4S/c1-2-31-22-13-12-19(16-23(22)32(29,30)27-14-5-6-15-27)26-24(28)11-7-8-18-17-25-21-10-4-3-9-20(18)21/h3-4,9-10,12-13,16-17,25H,2,5-8,11,14-15H2,1H3,(H,26,28). The van der Waals surface area contributed by atoms with Gasteiger partial charge in [0.05, 0.1) is 6.61 Å². The zero-order valence-electron chi connectivity index (χ0n) is 18.3. The van der Waals surface area contributed by atoms with E-state index >= 15 is 0 Å². The lowest BCUT2D eigenvalue weighted by molar-refractivity contribution is -0.116. The van der Waals surface area contributed by atoms with Gasteiger partial charge >= 0.3 is 0 Å². The lowest BCUT2D eigenvalue weighted by Gasteiger charge is -2.19. The van der Waals surface area contributed by atoms with Gasteiger partial charge in [0, 0.05) is 42.3 Å². The fourth-order valence-electron chi connectivity index (χ4n) is 4.13. The number of rotatable bonds is 9. The Morgan fingerprint density at radius 2 is 1.94 bits per heavy atom. The first-order chi connectivity index (χ1) is 15.5. The number of aromatic nitrogens is 1. The van der Waals surface area contributed by atoms with Gasteiger partial charge in [0.1, 0.15) is 10.6 Å². The molecule has 4 rings (SSSR count). The van der Waals surface area contributed by atoms with Crippen LogP contribution in [0.2, 0.25) is 0 Å². The highest BCUT2D eigenvalue weighted by atomic mass is 32.2. The Labute approximate surface area is 188 Å². The summed E-state index contributed by atoms with van der Waals surface area (Å²) < 4.78 is 33.3. The van der Waals surface area contributed by atoms with Gasteiger partial charge in [-0.1, -0.05) is 18.2 Å².